The first-order valence-electron chi connectivity index (χ1n) is 4.96. The van der Waals surface area contributed by atoms with Crippen LogP contribution in [0.5, 0.6) is 0 Å². The predicted molar refractivity (Wildman–Crippen MR) is 69.3 cm³/mol. The third kappa shape index (κ3) is 3.85. The molecule has 0 aliphatic carbocycles. The van der Waals surface area contributed by atoms with Gasteiger partial charge in [0.05, 0.1) is 17.2 Å². The molecule has 2 N–H and O–H groups in total. The number of nitrogens with zero attached hydrogens (tertiary/aromatic N) is 2. The van der Waals surface area contributed by atoms with Gasteiger partial charge in [-0.3, -0.25) is 4.90 Å². The monoisotopic (exact) mass is 243 g/mol. The van der Waals surface area contributed by atoms with Gasteiger partial charge >= 0.3 is 0 Å². The van der Waals surface area contributed by atoms with Crippen LogP contribution in [-0.2, 0) is 6.54 Å². The van der Waals surface area contributed by atoms with Crippen molar-refractivity contribution in [3.05, 3.63) is 15.6 Å². The normalized spacial score (nSPS) is 10.9. The standard InChI is InChI=1S/C10H17N3S2/c1-4-13(5-9(11)14)6-10-12-7(2)8(3)15-10/h4-6H2,1-3H3,(H2,11,14). The van der Waals surface area contributed by atoms with Crippen molar-refractivity contribution in [2.24, 2.45) is 5.73 Å². The Bertz CT molecular complexity index is 327. The molecule has 84 valence electrons. The van der Waals surface area contributed by atoms with Crippen molar-refractivity contribution < 1.29 is 0 Å². The summed E-state index contributed by atoms with van der Waals surface area (Å²) in [6.07, 6.45) is 0. The van der Waals surface area contributed by atoms with E-state index in [-0.39, 0.29) is 0 Å². The van der Waals surface area contributed by atoms with Crippen molar-refractivity contribution in [2.45, 2.75) is 27.3 Å². The number of nitrogens with two attached hydrogens (primary N) is 1. The Morgan fingerprint density at radius 3 is 2.60 bits per heavy atom. The molecule has 0 spiro atoms. The lowest BCUT2D eigenvalue weighted by Crippen LogP contribution is -2.32. The maximum Gasteiger partial charge on any atom is 0.107 e. The first-order valence-corrected chi connectivity index (χ1v) is 6.19. The van der Waals surface area contributed by atoms with Gasteiger partial charge in [-0.1, -0.05) is 19.1 Å². The zero-order valence-corrected chi connectivity index (χ0v) is 11.0. The summed E-state index contributed by atoms with van der Waals surface area (Å²) in [5.41, 5.74) is 6.66. The molecule has 1 rings (SSSR count). The first kappa shape index (κ1) is 12.5. The first-order chi connectivity index (χ1) is 7.02. The van der Waals surface area contributed by atoms with Gasteiger partial charge in [0.2, 0.25) is 0 Å². The third-order valence-corrected chi connectivity index (χ3v) is 3.45. The van der Waals surface area contributed by atoms with Crippen molar-refractivity contribution in [3.63, 3.8) is 0 Å². The Kier molecular flexibility index (Phi) is 4.63. The molecule has 0 unspecified atom stereocenters. The number of thiocarbonyl (C=S) groups is 1. The molecule has 1 aromatic heterocycles. The van der Waals surface area contributed by atoms with Crippen molar-refractivity contribution in [3.8, 4) is 0 Å². The van der Waals surface area contributed by atoms with Gasteiger partial charge in [0.15, 0.2) is 0 Å². The summed E-state index contributed by atoms with van der Waals surface area (Å²) in [5, 5.41) is 1.14. The van der Waals surface area contributed by atoms with E-state index in [1.54, 1.807) is 11.3 Å². The zero-order chi connectivity index (χ0) is 11.4. The lowest BCUT2D eigenvalue weighted by Gasteiger charge is -2.17. The number of aromatic nitrogens is 1. The molecule has 0 fully saturated rings. The van der Waals surface area contributed by atoms with E-state index in [9.17, 15) is 0 Å². The number of hydrogen-bond acceptors (Lipinski definition) is 4. The largest absolute Gasteiger partial charge is 0.392 e. The fourth-order valence-corrected chi connectivity index (χ4v) is 2.46. The summed E-state index contributed by atoms with van der Waals surface area (Å²) in [5.74, 6) is 0. The fraction of sp³-hybridized carbons (Fsp3) is 0.600. The predicted octanol–water partition coefficient (Wildman–Crippen LogP) is 1.87. The SMILES string of the molecule is CCN(CC(N)=S)Cc1nc(C)c(C)s1. The number of thiazole rings is 1. The van der Waals surface area contributed by atoms with Crippen LogP contribution in [0.3, 0.4) is 0 Å². The molecule has 0 saturated carbocycles. The number of rotatable bonds is 5. The van der Waals surface area contributed by atoms with Crippen LogP contribution in [0.1, 0.15) is 22.5 Å². The van der Waals surface area contributed by atoms with Crippen LogP contribution in [0, 0.1) is 13.8 Å². The van der Waals surface area contributed by atoms with Crippen molar-refractivity contribution >= 4 is 28.5 Å². The van der Waals surface area contributed by atoms with E-state index in [0.717, 1.165) is 23.8 Å². The van der Waals surface area contributed by atoms with Crippen molar-refractivity contribution in [1.82, 2.24) is 9.88 Å². The number of likely N-dealkylation sites (N-methyl/N-ethyl adjacent to an activating group) is 1. The molecule has 0 aliphatic heterocycles. The van der Waals surface area contributed by atoms with Crippen LogP contribution in [0.25, 0.3) is 0 Å². The van der Waals surface area contributed by atoms with Crippen LogP contribution in [-0.4, -0.2) is 28.0 Å². The Morgan fingerprint density at radius 2 is 2.20 bits per heavy atom. The Morgan fingerprint density at radius 1 is 1.53 bits per heavy atom. The zero-order valence-electron chi connectivity index (χ0n) is 9.41. The molecule has 15 heavy (non-hydrogen) atoms. The second-order valence-corrected chi connectivity index (χ2v) is 5.33. The molecule has 1 aromatic rings. The van der Waals surface area contributed by atoms with Gasteiger partial charge < -0.3 is 5.73 Å². The highest BCUT2D eigenvalue weighted by Gasteiger charge is 2.09. The average Bonchev–Trinajstić information content (AvgIpc) is 2.44. The van der Waals surface area contributed by atoms with Crippen LogP contribution in [0.2, 0.25) is 0 Å². The minimum Gasteiger partial charge on any atom is -0.392 e. The van der Waals surface area contributed by atoms with Crippen LogP contribution in [0.15, 0.2) is 0 Å². The van der Waals surface area contributed by atoms with E-state index in [1.165, 1.54) is 4.88 Å². The summed E-state index contributed by atoms with van der Waals surface area (Å²) in [6, 6.07) is 0. The van der Waals surface area contributed by atoms with Gasteiger partial charge in [-0.2, -0.15) is 0 Å². The van der Waals surface area contributed by atoms with Crippen LogP contribution >= 0.6 is 23.6 Å². The average molecular weight is 243 g/mol. The summed E-state index contributed by atoms with van der Waals surface area (Å²) in [7, 11) is 0. The molecule has 0 amide bonds. The highest BCUT2D eigenvalue weighted by atomic mass is 32.1. The molecule has 0 atom stereocenters. The van der Waals surface area contributed by atoms with Crippen molar-refractivity contribution in [1.29, 1.82) is 0 Å². The molecular weight excluding hydrogens is 226 g/mol. The molecule has 1 heterocycles. The van der Waals surface area contributed by atoms with Gasteiger partial charge in [-0.25, -0.2) is 4.98 Å². The highest BCUT2D eigenvalue weighted by molar-refractivity contribution is 7.80. The smallest absolute Gasteiger partial charge is 0.107 e. The van der Waals surface area contributed by atoms with Crippen molar-refractivity contribution in [2.75, 3.05) is 13.1 Å². The molecule has 0 bridgehead atoms. The van der Waals surface area contributed by atoms with E-state index >= 15 is 0 Å². The Labute approximate surface area is 100 Å². The van der Waals surface area contributed by atoms with Gasteiger partial charge in [-0.15, -0.1) is 11.3 Å². The number of hydrogen-bond donors (Lipinski definition) is 1. The fourth-order valence-electron chi connectivity index (χ4n) is 1.30. The Balaban J connectivity index is 2.62. The van der Waals surface area contributed by atoms with Gasteiger partial charge in [0.25, 0.3) is 0 Å². The lowest BCUT2D eigenvalue weighted by atomic mass is 10.4. The summed E-state index contributed by atoms with van der Waals surface area (Å²) < 4.78 is 0. The van der Waals surface area contributed by atoms with E-state index in [0.29, 0.717) is 11.5 Å². The summed E-state index contributed by atoms with van der Waals surface area (Å²) in [4.78, 5) is 8.52. The maximum atomic E-state index is 5.53. The topological polar surface area (TPSA) is 42.1 Å². The van der Waals surface area contributed by atoms with E-state index in [2.05, 4.69) is 23.7 Å². The maximum absolute atomic E-state index is 5.53. The second-order valence-electron chi connectivity index (χ2n) is 3.52. The molecular formula is C10H17N3S2. The van der Waals surface area contributed by atoms with E-state index in [4.69, 9.17) is 18.0 Å². The minimum absolute atomic E-state index is 0.543. The van der Waals surface area contributed by atoms with Crippen LogP contribution in [0.4, 0.5) is 0 Å². The van der Waals surface area contributed by atoms with Gasteiger partial charge in [0, 0.05) is 11.4 Å². The van der Waals surface area contributed by atoms with E-state index < -0.39 is 0 Å². The molecule has 5 heteroatoms. The van der Waals surface area contributed by atoms with E-state index in [1.807, 2.05) is 6.92 Å². The van der Waals surface area contributed by atoms with Gasteiger partial charge in [0.1, 0.15) is 5.01 Å². The van der Waals surface area contributed by atoms with Crippen LogP contribution < -0.4 is 5.73 Å². The third-order valence-electron chi connectivity index (χ3n) is 2.26. The Hall–Kier alpha value is -0.520. The molecule has 0 saturated heterocycles. The molecule has 3 nitrogen and oxygen atoms in total. The van der Waals surface area contributed by atoms with Gasteiger partial charge in [-0.05, 0) is 20.4 Å². The molecule has 0 aromatic carbocycles. The quantitative estimate of drug-likeness (QED) is 0.802. The molecule has 0 radical (unpaired) electrons. The second kappa shape index (κ2) is 5.53. The lowest BCUT2D eigenvalue weighted by molar-refractivity contribution is 0.320. The highest BCUT2D eigenvalue weighted by Crippen LogP contribution is 2.17. The molecule has 0 aliphatic rings. The summed E-state index contributed by atoms with van der Waals surface area (Å²) in [6.45, 7) is 8.69. The number of aryl methyl sites for hydroxylation is 2. The summed E-state index contributed by atoms with van der Waals surface area (Å²) >= 11 is 6.65. The minimum atomic E-state index is 0.543.